The lowest BCUT2D eigenvalue weighted by Crippen LogP contribution is -2.45. The van der Waals surface area contributed by atoms with Crippen LogP contribution >= 0.6 is 7.82 Å². The molecular weight excluding hydrogens is 960 g/mol. The van der Waals surface area contributed by atoms with Crippen molar-refractivity contribution >= 4 is 13.7 Å². The Kier molecular flexibility index (Phi) is 56.9. The van der Waals surface area contributed by atoms with E-state index in [4.69, 9.17) is 9.05 Å². The van der Waals surface area contributed by atoms with Gasteiger partial charge in [0.1, 0.15) is 13.2 Å². The van der Waals surface area contributed by atoms with Crippen molar-refractivity contribution in [3.63, 3.8) is 0 Å². The molecule has 0 aliphatic heterocycles. The molecule has 0 fully saturated rings. The molecule has 1 amide bonds. The Balaban J connectivity index is 3.83. The molecule has 8 nitrogen and oxygen atoms in total. The molecule has 0 aliphatic rings. The number of amides is 1. The molecule has 0 aromatic heterocycles. The molecule has 0 heterocycles. The van der Waals surface area contributed by atoms with Crippen LogP contribution < -0.4 is 5.32 Å². The molecule has 0 saturated carbocycles. The van der Waals surface area contributed by atoms with Gasteiger partial charge in [0.15, 0.2) is 0 Å². The molecule has 9 heteroatoms. The number of phosphoric acid groups is 1. The van der Waals surface area contributed by atoms with Crippen molar-refractivity contribution in [2.45, 2.75) is 334 Å². The Morgan fingerprint density at radius 2 is 0.724 bits per heavy atom. The number of aliphatic hydroxyl groups excluding tert-OH is 1. The fourth-order valence-corrected chi connectivity index (χ4v) is 10.6. The van der Waals surface area contributed by atoms with Crippen molar-refractivity contribution in [1.82, 2.24) is 5.32 Å². The van der Waals surface area contributed by atoms with Crippen molar-refractivity contribution in [1.29, 1.82) is 0 Å². The van der Waals surface area contributed by atoms with Crippen LogP contribution in [0.25, 0.3) is 0 Å². The topological polar surface area (TPSA) is 105 Å². The summed E-state index contributed by atoms with van der Waals surface area (Å²) in [6.07, 6.45) is 78.6. The third kappa shape index (κ3) is 60.1. The van der Waals surface area contributed by atoms with E-state index in [2.05, 4.69) is 55.6 Å². The van der Waals surface area contributed by atoms with Crippen LogP contribution in [0.5, 0.6) is 0 Å². The lowest BCUT2D eigenvalue weighted by Gasteiger charge is -2.25. The first kappa shape index (κ1) is 74.5. The maximum Gasteiger partial charge on any atom is 0.472 e. The van der Waals surface area contributed by atoms with Gasteiger partial charge in [-0.25, -0.2) is 4.57 Å². The lowest BCUT2D eigenvalue weighted by molar-refractivity contribution is -0.870. The molecule has 0 bridgehead atoms. The Morgan fingerprint density at radius 3 is 1.08 bits per heavy atom. The molecule has 448 valence electrons. The number of unbranched alkanes of at least 4 members (excludes halogenated alkanes) is 42. The highest BCUT2D eigenvalue weighted by Gasteiger charge is 2.28. The largest absolute Gasteiger partial charge is 0.472 e. The lowest BCUT2D eigenvalue weighted by atomic mass is 10.0. The van der Waals surface area contributed by atoms with Crippen molar-refractivity contribution in [3.8, 4) is 0 Å². The third-order valence-corrected chi connectivity index (χ3v) is 16.0. The first-order valence-corrected chi connectivity index (χ1v) is 34.5. The molecule has 3 unspecified atom stereocenters. The van der Waals surface area contributed by atoms with Crippen LogP contribution in [-0.4, -0.2) is 73.4 Å². The average molecular weight is 1090 g/mol. The van der Waals surface area contributed by atoms with E-state index in [1.54, 1.807) is 6.08 Å². The Hall–Kier alpha value is -1.54. The number of rotatable bonds is 61. The number of carbonyl (C=O) groups is 1. The average Bonchev–Trinajstić information content (AvgIpc) is 3.38. The minimum absolute atomic E-state index is 0.0543. The number of likely N-dealkylation sites (N-methyl/N-ethyl adjacent to an activating group) is 1. The molecule has 0 saturated heterocycles. The molecular formula is C67H130N2O6P+. The number of quaternary nitrogens is 1. The van der Waals surface area contributed by atoms with Crippen molar-refractivity contribution < 1.29 is 32.9 Å². The molecule has 0 aromatic rings. The molecule has 0 aliphatic carbocycles. The van der Waals surface area contributed by atoms with Crippen molar-refractivity contribution in [3.05, 3.63) is 48.6 Å². The summed E-state index contributed by atoms with van der Waals surface area (Å²) in [5, 5.41) is 13.9. The van der Waals surface area contributed by atoms with Gasteiger partial charge in [0.2, 0.25) is 5.91 Å². The van der Waals surface area contributed by atoms with Gasteiger partial charge in [-0.1, -0.05) is 294 Å². The predicted octanol–water partition coefficient (Wildman–Crippen LogP) is 20.7. The van der Waals surface area contributed by atoms with Crippen molar-refractivity contribution in [2.24, 2.45) is 0 Å². The van der Waals surface area contributed by atoms with Crippen LogP contribution in [0.15, 0.2) is 48.6 Å². The first-order chi connectivity index (χ1) is 37.0. The molecule has 76 heavy (non-hydrogen) atoms. The van der Waals surface area contributed by atoms with Gasteiger partial charge in [-0.2, -0.15) is 0 Å². The summed E-state index contributed by atoms with van der Waals surface area (Å²) in [5.74, 6) is -0.187. The highest BCUT2D eigenvalue weighted by atomic mass is 31.2. The number of nitrogens with zero attached hydrogens (tertiary/aromatic N) is 1. The first-order valence-electron chi connectivity index (χ1n) is 33.0. The Morgan fingerprint density at radius 1 is 0.434 bits per heavy atom. The van der Waals surface area contributed by atoms with E-state index in [0.29, 0.717) is 17.4 Å². The second-order valence-corrected chi connectivity index (χ2v) is 25.3. The summed E-state index contributed by atoms with van der Waals surface area (Å²) in [6, 6.07) is -0.868. The van der Waals surface area contributed by atoms with Gasteiger partial charge in [-0.05, 0) is 70.6 Å². The zero-order chi connectivity index (χ0) is 55.6. The van der Waals surface area contributed by atoms with Gasteiger partial charge in [0.05, 0.1) is 39.9 Å². The minimum Gasteiger partial charge on any atom is -0.387 e. The second kappa shape index (κ2) is 58.1. The summed E-state index contributed by atoms with van der Waals surface area (Å²) < 4.78 is 23.7. The zero-order valence-corrected chi connectivity index (χ0v) is 52.2. The van der Waals surface area contributed by atoms with E-state index >= 15 is 0 Å². The highest BCUT2D eigenvalue weighted by Crippen LogP contribution is 2.43. The van der Waals surface area contributed by atoms with Crippen LogP contribution in [0.4, 0.5) is 0 Å². The third-order valence-electron chi connectivity index (χ3n) is 15.0. The van der Waals surface area contributed by atoms with E-state index in [1.807, 2.05) is 27.2 Å². The summed E-state index contributed by atoms with van der Waals surface area (Å²) in [4.78, 5) is 23.3. The minimum atomic E-state index is -4.36. The van der Waals surface area contributed by atoms with Crippen molar-refractivity contribution in [2.75, 3.05) is 40.9 Å². The second-order valence-electron chi connectivity index (χ2n) is 23.8. The standard InChI is InChI=1S/C67H129N2O6P/c1-6-8-10-12-14-16-18-20-21-22-23-24-25-26-27-28-29-30-31-32-33-34-35-36-37-38-39-40-41-42-43-44-45-46-47-49-51-53-55-57-59-61-67(71)68-65(64-75-76(72,73)74-63-62-69(3,4)5)66(70)60-58-56-54-52-50-48-19-17-15-13-11-9-7-2/h15,17,22-23,50,52,58,60,65-66,70H,6-14,16,18-21,24-49,51,53-57,59,61-64H2,1-5H3,(H-,68,71,72,73)/p+1/b17-15+,23-22-,52-50+,60-58+. The maximum absolute atomic E-state index is 13.0. The van der Waals surface area contributed by atoms with Gasteiger partial charge in [-0.15, -0.1) is 0 Å². The quantitative estimate of drug-likeness (QED) is 0.0243. The van der Waals surface area contributed by atoms with Gasteiger partial charge >= 0.3 is 7.82 Å². The number of phosphoric ester groups is 1. The number of hydrogen-bond acceptors (Lipinski definition) is 5. The van der Waals surface area contributed by atoms with E-state index in [9.17, 15) is 19.4 Å². The summed E-state index contributed by atoms with van der Waals surface area (Å²) in [5.41, 5.74) is 0. The van der Waals surface area contributed by atoms with Crippen LogP contribution in [0.1, 0.15) is 322 Å². The van der Waals surface area contributed by atoms with Crippen LogP contribution in [0.3, 0.4) is 0 Å². The number of hydrogen-bond donors (Lipinski definition) is 3. The van der Waals surface area contributed by atoms with Crippen LogP contribution in [0.2, 0.25) is 0 Å². The van der Waals surface area contributed by atoms with E-state index in [1.165, 1.54) is 250 Å². The molecule has 0 radical (unpaired) electrons. The van der Waals surface area contributed by atoms with Crippen LogP contribution in [-0.2, 0) is 18.4 Å². The molecule has 3 N–H and O–H groups in total. The van der Waals surface area contributed by atoms with Gasteiger partial charge in [0, 0.05) is 6.42 Å². The number of carbonyl (C=O) groups excluding carboxylic acids is 1. The monoisotopic (exact) mass is 1090 g/mol. The smallest absolute Gasteiger partial charge is 0.387 e. The van der Waals surface area contributed by atoms with Gasteiger partial charge < -0.3 is 19.8 Å². The highest BCUT2D eigenvalue weighted by molar-refractivity contribution is 7.47. The predicted molar refractivity (Wildman–Crippen MR) is 332 cm³/mol. The number of allylic oxidation sites excluding steroid dienone is 7. The van der Waals surface area contributed by atoms with E-state index < -0.39 is 20.0 Å². The number of aliphatic hydroxyl groups is 1. The van der Waals surface area contributed by atoms with Gasteiger partial charge in [0.25, 0.3) is 0 Å². The van der Waals surface area contributed by atoms with Crippen LogP contribution in [0, 0.1) is 0 Å². The molecule has 0 rings (SSSR count). The van der Waals surface area contributed by atoms with E-state index in [0.717, 1.165) is 51.4 Å². The fraction of sp³-hybridized carbons (Fsp3) is 0.866. The van der Waals surface area contributed by atoms with E-state index in [-0.39, 0.29) is 19.1 Å². The summed E-state index contributed by atoms with van der Waals surface area (Å²) >= 11 is 0. The number of nitrogens with one attached hydrogen (secondary N) is 1. The SMILES string of the molecule is CCCCC/C=C/CC/C=C/CC/C=C/C(O)C(COP(=O)(O)OCC[N+](C)(C)C)NC(=O)CCCCCCCCCCCCCCCCCCCCCCCCCCCCCCC/C=C\CCCCCCCCCC. The molecule has 0 spiro atoms. The molecule has 3 atom stereocenters. The van der Waals surface area contributed by atoms with Gasteiger partial charge in [-0.3, -0.25) is 13.8 Å². The molecule has 0 aromatic carbocycles. The Bertz CT molecular complexity index is 1380. The summed E-state index contributed by atoms with van der Waals surface area (Å²) in [6.45, 7) is 4.78. The maximum atomic E-state index is 13.0. The normalized spacial score (nSPS) is 14.0. The fourth-order valence-electron chi connectivity index (χ4n) is 9.84. The Labute approximate surface area is 473 Å². The zero-order valence-electron chi connectivity index (χ0n) is 51.3. The summed E-state index contributed by atoms with van der Waals surface area (Å²) in [7, 11) is 1.55.